The molecule has 0 aliphatic carbocycles. The lowest BCUT2D eigenvalue weighted by atomic mass is 10.1. The van der Waals surface area contributed by atoms with Crippen molar-refractivity contribution in [3.63, 3.8) is 0 Å². The largest absolute Gasteiger partial charge is 0.507 e. The Labute approximate surface area is 188 Å². The number of benzene rings is 3. The summed E-state index contributed by atoms with van der Waals surface area (Å²) in [6, 6.07) is 17.2. The number of hydrogen-bond acceptors (Lipinski definition) is 5. The quantitative estimate of drug-likeness (QED) is 0.279. The smallest absolute Gasteiger partial charge is 0.257 e. The molecule has 1 heterocycles. The number of hydrogen-bond donors (Lipinski definition) is 3. The van der Waals surface area contributed by atoms with Gasteiger partial charge >= 0.3 is 0 Å². The number of aryl methyl sites for hydroxylation is 1. The number of nitrogens with one attached hydrogen (secondary N) is 2. The normalized spacial score (nSPS) is 10.8. The zero-order valence-corrected chi connectivity index (χ0v) is 18.1. The minimum atomic E-state index is -0.385. The van der Waals surface area contributed by atoms with E-state index in [9.17, 15) is 9.90 Å². The Bertz CT molecular complexity index is 1300. The summed E-state index contributed by atoms with van der Waals surface area (Å²) in [6.45, 7) is 2.07. The maximum atomic E-state index is 12.3. The number of phenols is 1. The van der Waals surface area contributed by atoms with E-state index in [0.717, 1.165) is 17.5 Å². The van der Waals surface area contributed by atoms with Crippen molar-refractivity contribution in [3.8, 4) is 17.2 Å². The van der Waals surface area contributed by atoms with Gasteiger partial charge in [-0.05, 0) is 72.7 Å². The van der Waals surface area contributed by atoms with E-state index in [1.54, 1.807) is 36.4 Å². The molecule has 0 unspecified atom stereocenters. The molecule has 6 nitrogen and oxygen atoms in total. The first-order chi connectivity index (χ1) is 14.9. The number of fused-ring (bicyclic) bond motifs is 1. The van der Waals surface area contributed by atoms with Crippen LogP contribution in [0, 0.1) is 0 Å². The van der Waals surface area contributed by atoms with Crippen molar-refractivity contribution < 1.29 is 14.3 Å². The molecule has 156 valence electrons. The summed E-state index contributed by atoms with van der Waals surface area (Å²) >= 11 is 11.2. The molecule has 0 aliphatic rings. The van der Waals surface area contributed by atoms with Crippen molar-refractivity contribution in [2.75, 3.05) is 5.32 Å². The average molecular weight is 452 g/mol. The molecule has 0 atom stereocenters. The highest BCUT2D eigenvalue weighted by Crippen LogP contribution is 2.33. The van der Waals surface area contributed by atoms with Gasteiger partial charge in [-0.25, -0.2) is 4.98 Å². The minimum Gasteiger partial charge on any atom is -0.507 e. The first-order valence-electron chi connectivity index (χ1n) is 9.53. The number of carbonyl (C=O) groups excluding carboxylic acids is 1. The van der Waals surface area contributed by atoms with E-state index in [-0.39, 0.29) is 16.8 Å². The van der Waals surface area contributed by atoms with E-state index in [2.05, 4.69) is 22.5 Å². The molecule has 0 spiro atoms. The Morgan fingerprint density at radius 1 is 1.16 bits per heavy atom. The molecule has 0 saturated heterocycles. The lowest BCUT2D eigenvalue weighted by Gasteiger charge is -2.11. The van der Waals surface area contributed by atoms with Crippen molar-refractivity contribution in [3.05, 3.63) is 76.8 Å². The van der Waals surface area contributed by atoms with Gasteiger partial charge in [-0.2, -0.15) is 0 Å². The molecule has 0 aliphatic heterocycles. The molecule has 1 amide bonds. The molecule has 1 aromatic heterocycles. The lowest BCUT2D eigenvalue weighted by Crippen LogP contribution is -2.34. The Hall–Kier alpha value is -3.42. The topological polar surface area (TPSA) is 87.4 Å². The zero-order chi connectivity index (χ0) is 22.0. The SMILES string of the molecule is CCc1ccc2oc(-c3cc(NC(=S)NC(=O)c4cccc(Cl)c4)ccc3O)nc2c1. The Balaban J connectivity index is 1.54. The molecule has 4 rings (SSSR count). The molecule has 4 aromatic rings. The standard InChI is InChI=1S/C23H18ClN3O3S/c1-2-13-6-9-20-18(10-13)26-22(30-20)17-12-16(7-8-19(17)28)25-23(31)27-21(29)14-4-3-5-15(24)11-14/h3-12,28H,2H2,1H3,(H2,25,27,29,31). The number of oxazole rings is 1. The van der Waals surface area contributed by atoms with Gasteiger partial charge in [0, 0.05) is 16.3 Å². The maximum absolute atomic E-state index is 12.3. The molecule has 3 aromatic carbocycles. The number of halogens is 1. The van der Waals surface area contributed by atoms with Crippen molar-refractivity contribution in [2.24, 2.45) is 0 Å². The van der Waals surface area contributed by atoms with E-state index in [1.165, 1.54) is 6.07 Å². The van der Waals surface area contributed by atoms with E-state index in [4.69, 9.17) is 28.2 Å². The number of carbonyl (C=O) groups is 1. The Morgan fingerprint density at radius 2 is 2.00 bits per heavy atom. The van der Waals surface area contributed by atoms with Crippen LogP contribution in [0.25, 0.3) is 22.6 Å². The molecule has 0 bridgehead atoms. The van der Waals surface area contributed by atoms with Crippen LogP contribution in [0.5, 0.6) is 5.75 Å². The summed E-state index contributed by atoms with van der Waals surface area (Å²) in [7, 11) is 0. The van der Waals surface area contributed by atoms with Crippen LogP contribution < -0.4 is 10.6 Å². The summed E-state index contributed by atoms with van der Waals surface area (Å²) in [5.41, 5.74) is 3.85. The summed E-state index contributed by atoms with van der Waals surface area (Å²) < 4.78 is 5.81. The second kappa shape index (κ2) is 8.75. The van der Waals surface area contributed by atoms with Crippen molar-refractivity contribution >= 4 is 51.6 Å². The molecule has 0 fully saturated rings. The third-order valence-corrected chi connectivity index (χ3v) is 5.10. The zero-order valence-electron chi connectivity index (χ0n) is 16.5. The number of rotatable bonds is 4. The molecule has 0 radical (unpaired) electrons. The van der Waals surface area contributed by atoms with Gasteiger partial charge in [-0.15, -0.1) is 0 Å². The third-order valence-electron chi connectivity index (χ3n) is 4.66. The van der Waals surface area contributed by atoms with E-state index in [1.807, 2.05) is 18.2 Å². The van der Waals surface area contributed by atoms with Crippen LogP contribution in [0.15, 0.2) is 65.1 Å². The van der Waals surface area contributed by atoms with E-state index < -0.39 is 0 Å². The van der Waals surface area contributed by atoms with Crippen LogP contribution in [0.3, 0.4) is 0 Å². The highest BCUT2D eigenvalue weighted by atomic mass is 35.5. The lowest BCUT2D eigenvalue weighted by molar-refractivity contribution is 0.0977. The fraction of sp³-hybridized carbons (Fsp3) is 0.0870. The summed E-state index contributed by atoms with van der Waals surface area (Å²) in [4.78, 5) is 16.8. The predicted molar refractivity (Wildman–Crippen MR) is 126 cm³/mol. The fourth-order valence-corrected chi connectivity index (χ4v) is 3.46. The van der Waals surface area contributed by atoms with Gasteiger partial charge < -0.3 is 14.8 Å². The first kappa shape index (κ1) is 20.8. The number of anilines is 1. The highest BCUT2D eigenvalue weighted by molar-refractivity contribution is 7.80. The Morgan fingerprint density at radius 3 is 2.77 bits per heavy atom. The van der Waals surface area contributed by atoms with Gasteiger partial charge in [0.05, 0.1) is 5.56 Å². The molecule has 31 heavy (non-hydrogen) atoms. The average Bonchev–Trinajstić information content (AvgIpc) is 3.18. The minimum absolute atomic E-state index is 0.0155. The van der Waals surface area contributed by atoms with Gasteiger partial charge in [0.25, 0.3) is 5.91 Å². The van der Waals surface area contributed by atoms with Crippen LogP contribution in [0.2, 0.25) is 5.02 Å². The molecular formula is C23H18ClN3O3S. The van der Waals surface area contributed by atoms with Crippen molar-refractivity contribution in [2.45, 2.75) is 13.3 Å². The highest BCUT2D eigenvalue weighted by Gasteiger charge is 2.15. The van der Waals surface area contributed by atoms with E-state index >= 15 is 0 Å². The van der Waals surface area contributed by atoms with Gasteiger partial charge in [-0.1, -0.05) is 30.7 Å². The third kappa shape index (κ3) is 4.68. The Kier molecular flexibility index (Phi) is 5.88. The summed E-state index contributed by atoms with van der Waals surface area (Å²) in [5.74, 6) is -0.0790. The van der Waals surface area contributed by atoms with Crippen molar-refractivity contribution in [1.29, 1.82) is 0 Å². The van der Waals surface area contributed by atoms with Crippen LogP contribution in [0.1, 0.15) is 22.8 Å². The maximum Gasteiger partial charge on any atom is 0.257 e. The van der Waals surface area contributed by atoms with Crippen LogP contribution >= 0.6 is 23.8 Å². The predicted octanol–water partition coefficient (Wildman–Crippen LogP) is 5.54. The number of amides is 1. The van der Waals surface area contributed by atoms with Crippen LogP contribution in [-0.2, 0) is 6.42 Å². The fourth-order valence-electron chi connectivity index (χ4n) is 3.06. The first-order valence-corrected chi connectivity index (χ1v) is 10.3. The molecule has 8 heteroatoms. The van der Waals surface area contributed by atoms with Crippen LogP contribution in [-0.4, -0.2) is 21.1 Å². The van der Waals surface area contributed by atoms with Gasteiger partial charge in [0.15, 0.2) is 10.7 Å². The van der Waals surface area contributed by atoms with Gasteiger partial charge in [0.1, 0.15) is 11.3 Å². The summed E-state index contributed by atoms with van der Waals surface area (Å²) in [6.07, 6.45) is 0.890. The van der Waals surface area contributed by atoms with Crippen LogP contribution in [0.4, 0.5) is 5.69 Å². The number of aromatic hydroxyl groups is 1. The van der Waals surface area contributed by atoms with E-state index in [0.29, 0.717) is 33.3 Å². The van der Waals surface area contributed by atoms with Gasteiger partial charge in [-0.3, -0.25) is 10.1 Å². The second-order valence-corrected chi connectivity index (χ2v) is 7.67. The number of aromatic nitrogens is 1. The second-order valence-electron chi connectivity index (χ2n) is 6.83. The molecular weight excluding hydrogens is 434 g/mol. The number of phenolic OH excluding ortho intramolecular Hbond substituents is 1. The van der Waals surface area contributed by atoms with Gasteiger partial charge in [0.2, 0.25) is 5.89 Å². The number of thiocarbonyl (C=S) groups is 1. The molecule has 3 N–H and O–H groups in total. The molecule has 0 saturated carbocycles. The number of nitrogens with zero attached hydrogens (tertiary/aromatic N) is 1. The monoisotopic (exact) mass is 451 g/mol. The summed E-state index contributed by atoms with van der Waals surface area (Å²) in [5, 5.41) is 16.4. The van der Waals surface area contributed by atoms with Crippen molar-refractivity contribution in [1.82, 2.24) is 10.3 Å².